The summed E-state index contributed by atoms with van der Waals surface area (Å²) in [6.07, 6.45) is 3.82. The lowest BCUT2D eigenvalue weighted by atomic mass is 10.0. The molecule has 0 aliphatic carbocycles. The molecule has 0 aromatic rings. The lowest BCUT2D eigenvalue weighted by Crippen LogP contribution is -2.57. The molecule has 2 heterocycles. The van der Waals surface area contributed by atoms with Gasteiger partial charge in [-0.3, -0.25) is 4.90 Å². The Morgan fingerprint density at radius 2 is 2.18 bits per heavy atom. The summed E-state index contributed by atoms with van der Waals surface area (Å²) in [4.78, 5) is 4.99. The Morgan fingerprint density at radius 3 is 2.88 bits per heavy atom. The molecule has 0 aromatic carbocycles. The Labute approximate surface area is 105 Å². The predicted octanol–water partition coefficient (Wildman–Crippen LogP) is 0.389. The summed E-state index contributed by atoms with van der Waals surface area (Å²) in [5.74, 6) is 0. The lowest BCUT2D eigenvalue weighted by molar-refractivity contribution is -0.00919. The second kappa shape index (κ2) is 6.14. The quantitative estimate of drug-likeness (QED) is 0.770. The fourth-order valence-corrected chi connectivity index (χ4v) is 3.30. The molecule has 3 unspecified atom stereocenters. The summed E-state index contributed by atoms with van der Waals surface area (Å²) in [5, 5.41) is 3.47. The van der Waals surface area contributed by atoms with Gasteiger partial charge in [-0.25, -0.2) is 0 Å². The Kier molecular flexibility index (Phi) is 4.79. The minimum atomic E-state index is 0.571. The monoisotopic (exact) mass is 241 g/mol. The van der Waals surface area contributed by atoms with E-state index in [0.29, 0.717) is 18.1 Å². The second-order valence-corrected chi connectivity index (χ2v) is 5.62. The first-order valence-electron chi connectivity index (χ1n) is 6.88. The summed E-state index contributed by atoms with van der Waals surface area (Å²) < 4.78 is 5.68. The third-order valence-electron chi connectivity index (χ3n) is 4.12. The maximum atomic E-state index is 5.68. The molecule has 17 heavy (non-hydrogen) atoms. The van der Waals surface area contributed by atoms with E-state index in [1.807, 2.05) is 0 Å². The zero-order valence-electron chi connectivity index (χ0n) is 11.5. The first-order chi connectivity index (χ1) is 8.22. The maximum absolute atomic E-state index is 5.68. The normalized spacial score (nSPS) is 35.6. The van der Waals surface area contributed by atoms with Gasteiger partial charge >= 0.3 is 0 Å². The van der Waals surface area contributed by atoms with Crippen molar-refractivity contribution < 1.29 is 4.74 Å². The van der Waals surface area contributed by atoms with Crippen LogP contribution in [0.25, 0.3) is 0 Å². The van der Waals surface area contributed by atoms with Crippen molar-refractivity contribution in [2.45, 2.75) is 37.4 Å². The summed E-state index contributed by atoms with van der Waals surface area (Å²) in [7, 11) is 6.42. The highest BCUT2D eigenvalue weighted by Crippen LogP contribution is 2.25. The molecule has 0 amide bonds. The fourth-order valence-electron chi connectivity index (χ4n) is 3.30. The number of rotatable bonds is 4. The zero-order chi connectivity index (χ0) is 12.3. The van der Waals surface area contributed by atoms with Crippen LogP contribution in [-0.2, 0) is 4.74 Å². The topological polar surface area (TPSA) is 27.7 Å². The van der Waals surface area contributed by atoms with Crippen LogP contribution in [0.2, 0.25) is 0 Å². The molecule has 4 nitrogen and oxygen atoms in total. The predicted molar refractivity (Wildman–Crippen MR) is 70.4 cm³/mol. The first kappa shape index (κ1) is 13.3. The second-order valence-electron chi connectivity index (χ2n) is 5.62. The molecule has 4 heteroatoms. The van der Waals surface area contributed by atoms with E-state index in [0.717, 1.165) is 19.6 Å². The minimum absolute atomic E-state index is 0.571. The standard InChI is InChI=1S/C13H27N3O/c1-14-12-6-8-17-10-13(12)16-7-4-5-11(16)9-15(2)3/h11-14H,4-10H2,1-3H3. The third-order valence-corrected chi connectivity index (χ3v) is 4.12. The zero-order valence-corrected chi connectivity index (χ0v) is 11.5. The number of nitrogens with one attached hydrogen (secondary N) is 1. The molecule has 2 rings (SSSR count). The largest absolute Gasteiger partial charge is 0.380 e. The number of likely N-dealkylation sites (N-methyl/N-ethyl adjacent to an activating group) is 2. The van der Waals surface area contributed by atoms with E-state index >= 15 is 0 Å². The van der Waals surface area contributed by atoms with Crippen molar-refractivity contribution in [3.8, 4) is 0 Å². The van der Waals surface area contributed by atoms with Gasteiger partial charge in [0.05, 0.1) is 6.61 Å². The molecule has 0 bridgehead atoms. The molecule has 2 fully saturated rings. The van der Waals surface area contributed by atoms with Crippen LogP contribution in [0, 0.1) is 0 Å². The van der Waals surface area contributed by atoms with Gasteiger partial charge < -0.3 is 15.0 Å². The van der Waals surface area contributed by atoms with E-state index in [1.54, 1.807) is 0 Å². The van der Waals surface area contributed by atoms with Crippen molar-refractivity contribution >= 4 is 0 Å². The smallest absolute Gasteiger partial charge is 0.0637 e. The molecule has 0 spiro atoms. The van der Waals surface area contributed by atoms with Crippen molar-refractivity contribution in [1.29, 1.82) is 0 Å². The highest BCUT2D eigenvalue weighted by atomic mass is 16.5. The molecule has 2 aliphatic rings. The molecular weight excluding hydrogens is 214 g/mol. The SMILES string of the molecule is CNC1CCOCC1N1CCCC1CN(C)C. The van der Waals surface area contributed by atoms with Crippen LogP contribution in [0.15, 0.2) is 0 Å². The Morgan fingerprint density at radius 1 is 1.35 bits per heavy atom. The molecule has 3 atom stereocenters. The Hall–Kier alpha value is -0.160. The van der Waals surface area contributed by atoms with E-state index in [2.05, 4.69) is 36.3 Å². The third kappa shape index (κ3) is 3.19. The fraction of sp³-hybridized carbons (Fsp3) is 1.00. The van der Waals surface area contributed by atoms with Gasteiger partial charge in [0.1, 0.15) is 0 Å². The van der Waals surface area contributed by atoms with Crippen LogP contribution < -0.4 is 5.32 Å². The van der Waals surface area contributed by atoms with Crippen molar-refractivity contribution in [1.82, 2.24) is 15.1 Å². The molecular formula is C13H27N3O. The molecule has 2 aliphatic heterocycles. The molecule has 100 valence electrons. The van der Waals surface area contributed by atoms with Crippen molar-refractivity contribution in [3.05, 3.63) is 0 Å². The minimum Gasteiger partial charge on any atom is -0.380 e. The number of hydrogen-bond acceptors (Lipinski definition) is 4. The van der Waals surface area contributed by atoms with E-state index in [1.165, 1.54) is 25.9 Å². The van der Waals surface area contributed by atoms with Crippen LogP contribution in [0.4, 0.5) is 0 Å². The van der Waals surface area contributed by atoms with E-state index in [4.69, 9.17) is 4.74 Å². The number of hydrogen-bond donors (Lipinski definition) is 1. The van der Waals surface area contributed by atoms with Crippen LogP contribution in [0.3, 0.4) is 0 Å². The van der Waals surface area contributed by atoms with Gasteiger partial charge in [0, 0.05) is 31.3 Å². The van der Waals surface area contributed by atoms with Gasteiger partial charge in [-0.1, -0.05) is 0 Å². The first-order valence-corrected chi connectivity index (χ1v) is 6.88. The van der Waals surface area contributed by atoms with Crippen LogP contribution in [0.1, 0.15) is 19.3 Å². The average Bonchev–Trinajstić information content (AvgIpc) is 2.76. The summed E-state index contributed by atoms with van der Waals surface area (Å²) in [6, 6.07) is 1.89. The highest BCUT2D eigenvalue weighted by molar-refractivity contribution is 4.93. The van der Waals surface area contributed by atoms with Crippen LogP contribution >= 0.6 is 0 Å². The summed E-state index contributed by atoms with van der Waals surface area (Å²) in [5.41, 5.74) is 0. The molecule has 0 aromatic heterocycles. The highest BCUT2D eigenvalue weighted by Gasteiger charge is 2.36. The number of nitrogens with zero attached hydrogens (tertiary/aromatic N) is 2. The molecule has 1 N–H and O–H groups in total. The lowest BCUT2D eigenvalue weighted by Gasteiger charge is -2.41. The van der Waals surface area contributed by atoms with E-state index in [9.17, 15) is 0 Å². The van der Waals surface area contributed by atoms with Crippen molar-refractivity contribution in [3.63, 3.8) is 0 Å². The van der Waals surface area contributed by atoms with Gasteiger partial charge in [-0.05, 0) is 47.0 Å². The van der Waals surface area contributed by atoms with Gasteiger partial charge in [-0.15, -0.1) is 0 Å². The average molecular weight is 241 g/mol. The van der Waals surface area contributed by atoms with Crippen molar-refractivity contribution in [2.24, 2.45) is 0 Å². The van der Waals surface area contributed by atoms with Crippen LogP contribution in [0.5, 0.6) is 0 Å². The number of ether oxygens (including phenoxy) is 1. The van der Waals surface area contributed by atoms with Gasteiger partial charge in [0.2, 0.25) is 0 Å². The maximum Gasteiger partial charge on any atom is 0.0637 e. The summed E-state index contributed by atoms with van der Waals surface area (Å²) in [6.45, 7) is 4.22. The Bertz CT molecular complexity index is 235. The van der Waals surface area contributed by atoms with Gasteiger partial charge in [-0.2, -0.15) is 0 Å². The Balaban J connectivity index is 1.98. The number of likely N-dealkylation sites (tertiary alicyclic amines) is 1. The van der Waals surface area contributed by atoms with Gasteiger partial charge in [0.15, 0.2) is 0 Å². The van der Waals surface area contributed by atoms with Gasteiger partial charge in [0.25, 0.3) is 0 Å². The van der Waals surface area contributed by atoms with E-state index in [-0.39, 0.29) is 0 Å². The van der Waals surface area contributed by atoms with Crippen LogP contribution in [-0.4, -0.2) is 75.4 Å². The van der Waals surface area contributed by atoms with E-state index < -0.39 is 0 Å². The molecule has 0 saturated carbocycles. The van der Waals surface area contributed by atoms with Crippen molar-refractivity contribution in [2.75, 3.05) is 47.4 Å². The summed E-state index contributed by atoms with van der Waals surface area (Å²) >= 11 is 0. The molecule has 2 saturated heterocycles. The molecule has 0 radical (unpaired) electrons.